The van der Waals surface area contributed by atoms with E-state index < -0.39 is 0 Å². The molecule has 2 fully saturated rings. The van der Waals surface area contributed by atoms with Crippen molar-refractivity contribution < 1.29 is 23.8 Å². The number of benzene rings is 2. The van der Waals surface area contributed by atoms with E-state index in [0.717, 1.165) is 25.4 Å². The topological polar surface area (TPSA) is 71.5 Å². The number of amides is 2. The van der Waals surface area contributed by atoms with Gasteiger partial charge >= 0.3 is 0 Å². The normalized spacial score (nSPS) is 19.0. The largest absolute Gasteiger partial charge is 0.497 e. The van der Waals surface area contributed by atoms with Crippen LogP contribution in [0.5, 0.6) is 17.2 Å². The zero-order valence-corrected chi connectivity index (χ0v) is 19.2. The predicted molar refractivity (Wildman–Crippen MR) is 125 cm³/mol. The van der Waals surface area contributed by atoms with E-state index in [-0.39, 0.29) is 24.2 Å². The van der Waals surface area contributed by atoms with Crippen molar-refractivity contribution in [2.45, 2.75) is 6.42 Å². The monoisotopic (exact) mass is 453 g/mol. The summed E-state index contributed by atoms with van der Waals surface area (Å²) in [7, 11) is 3.14. The highest BCUT2D eigenvalue weighted by molar-refractivity contribution is 6.01. The third-order valence-electron chi connectivity index (χ3n) is 6.26. The van der Waals surface area contributed by atoms with Gasteiger partial charge in [0.25, 0.3) is 0 Å². The Morgan fingerprint density at radius 2 is 1.73 bits per heavy atom. The quantitative estimate of drug-likeness (QED) is 0.611. The molecule has 33 heavy (non-hydrogen) atoms. The van der Waals surface area contributed by atoms with E-state index in [1.807, 2.05) is 35.2 Å². The molecule has 0 spiro atoms. The second-order valence-corrected chi connectivity index (χ2v) is 8.27. The third-order valence-corrected chi connectivity index (χ3v) is 6.26. The summed E-state index contributed by atoms with van der Waals surface area (Å²) in [5.74, 6) is 1.74. The zero-order valence-electron chi connectivity index (χ0n) is 19.2. The molecule has 2 aliphatic heterocycles. The molecule has 0 bridgehead atoms. The highest BCUT2D eigenvalue weighted by Crippen LogP contribution is 2.36. The maximum atomic E-state index is 13.1. The molecule has 2 aliphatic rings. The van der Waals surface area contributed by atoms with Crippen LogP contribution in [0.4, 0.5) is 5.69 Å². The molecule has 0 aliphatic carbocycles. The molecule has 0 unspecified atom stereocenters. The zero-order chi connectivity index (χ0) is 23.2. The van der Waals surface area contributed by atoms with Gasteiger partial charge in [0.2, 0.25) is 11.8 Å². The van der Waals surface area contributed by atoms with Crippen molar-refractivity contribution in [3.8, 4) is 17.2 Å². The molecule has 2 heterocycles. The summed E-state index contributed by atoms with van der Waals surface area (Å²) in [6.45, 7) is 4.76. The Labute approximate surface area is 194 Å². The number of ether oxygens (including phenoxy) is 3. The number of piperazine rings is 1. The molecule has 0 saturated carbocycles. The van der Waals surface area contributed by atoms with Crippen molar-refractivity contribution in [3.05, 3.63) is 48.5 Å². The van der Waals surface area contributed by atoms with Gasteiger partial charge in [-0.15, -0.1) is 0 Å². The fourth-order valence-electron chi connectivity index (χ4n) is 4.37. The second kappa shape index (κ2) is 10.6. The average molecular weight is 454 g/mol. The first kappa shape index (κ1) is 22.9. The van der Waals surface area contributed by atoms with Crippen molar-refractivity contribution in [2.75, 3.05) is 65.0 Å². The van der Waals surface area contributed by atoms with Crippen molar-refractivity contribution in [3.63, 3.8) is 0 Å². The summed E-state index contributed by atoms with van der Waals surface area (Å²) in [5, 5.41) is 0. The minimum atomic E-state index is -0.336. The number of hydrogen-bond acceptors (Lipinski definition) is 6. The number of anilines is 1. The first-order valence-electron chi connectivity index (χ1n) is 11.3. The van der Waals surface area contributed by atoms with Crippen LogP contribution in [0.15, 0.2) is 48.5 Å². The van der Waals surface area contributed by atoms with E-state index in [9.17, 15) is 9.59 Å². The maximum absolute atomic E-state index is 13.1. The van der Waals surface area contributed by atoms with E-state index >= 15 is 0 Å². The summed E-state index contributed by atoms with van der Waals surface area (Å²) in [6.07, 6.45) is 0.221. The average Bonchev–Trinajstić information content (AvgIpc) is 3.25. The highest BCUT2D eigenvalue weighted by atomic mass is 16.5. The smallest absolute Gasteiger partial charge is 0.228 e. The van der Waals surface area contributed by atoms with Gasteiger partial charge in [0.1, 0.15) is 23.9 Å². The van der Waals surface area contributed by atoms with Crippen LogP contribution in [0.2, 0.25) is 0 Å². The summed E-state index contributed by atoms with van der Waals surface area (Å²) in [4.78, 5) is 31.7. The lowest BCUT2D eigenvalue weighted by Crippen LogP contribution is -2.51. The molecular weight excluding hydrogens is 422 g/mol. The Morgan fingerprint density at radius 1 is 0.970 bits per heavy atom. The Morgan fingerprint density at radius 3 is 2.42 bits per heavy atom. The third kappa shape index (κ3) is 5.39. The number of methoxy groups -OCH3 is 2. The van der Waals surface area contributed by atoms with Crippen LogP contribution in [-0.4, -0.2) is 81.7 Å². The highest BCUT2D eigenvalue weighted by Gasteiger charge is 2.38. The van der Waals surface area contributed by atoms with Gasteiger partial charge in [-0.2, -0.15) is 0 Å². The Kier molecular flexibility index (Phi) is 7.34. The molecular formula is C25H31N3O5. The van der Waals surface area contributed by atoms with Crippen LogP contribution in [-0.2, 0) is 9.59 Å². The molecule has 2 amide bonds. The molecule has 4 rings (SSSR count). The standard InChI is InChI=1S/C25H31N3O5/c1-31-21-8-9-22(23(17-21)32-2)28-18-19(16-24(28)29)25(30)27-12-10-26(11-13-27)14-15-33-20-6-4-3-5-7-20/h3-9,17,19H,10-16,18H2,1-2H3/t19-/m0/s1. The SMILES string of the molecule is COc1ccc(N2C[C@@H](C(=O)N3CCN(CCOc4ccccc4)CC3)CC2=O)c(OC)c1. The van der Waals surface area contributed by atoms with Gasteiger partial charge in [0.15, 0.2) is 0 Å². The van der Waals surface area contributed by atoms with Gasteiger partial charge in [-0.05, 0) is 24.3 Å². The molecule has 176 valence electrons. The van der Waals surface area contributed by atoms with Crippen molar-refractivity contribution in [1.82, 2.24) is 9.80 Å². The first-order valence-corrected chi connectivity index (χ1v) is 11.3. The molecule has 2 aromatic carbocycles. The molecule has 2 aromatic rings. The lowest BCUT2D eigenvalue weighted by molar-refractivity contribution is -0.137. The number of nitrogens with zero attached hydrogens (tertiary/aromatic N) is 3. The molecule has 0 radical (unpaired) electrons. The minimum Gasteiger partial charge on any atom is -0.497 e. The molecule has 8 heteroatoms. The van der Waals surface area contributed by atoms with Crippen LogP contribution in [0.25, 0.3) is 0 Å². The molecule has 0 aromatic heterocycles. The van der Waals surface area contributed by atoms with E-state index in [1.54, 1.807) is 37.3 Å². The van der Waals surface area contributed by atoms with E-state index in [0.29, 0.717) is 43.4 Å². The second-order valence-electron chi connectivity index (χ2n) is 8.27. The maximum Gasteiger partial charge on any atom is 0.228 e. The van der Waals surface area contributed by atoms with Crippen LogP contribution in [0.1, 0.15) is 6.42 Å². The Bertz CT molecular complexity index is 960. The van der Waals surface area contributed by atoms with E-state index in [2.05, 4.69) is 4.90 Å². The van der Waals surface area contributed by atoms with Crippen molar-refractivity contribution in [2.24, 2.45) is 5.92 Å². The molecule has 1 atom stereocenters. The van der Waals surface area contributed by atoms with Gasteiger partial charge in [0.05, 0.1) is 25.8 Å². The van der Waals surface area contributed by atoms with Crippen LogP contribution >= 0.6 is 0 Å². The molecule has 8 nitrogen and oxygen atoms in total. The van der Waals surface area contributed by atoms with Gasteiger partial charge < -0.3 is 24.0 Å². The number of carbonyl (C=O) groups excluding carboxylic acids is 2. The number of hydrogen-bond donors (Lipinski definition) is 0. The minimum absolute atomic E-state index is 0.0542. The number of para-hydroxylation sites is 1. The fraction of sp³-hybridized carbons (Fsp3) is 0.440. The van der Waals surface area contributed by atoms with Crippen molar-refractivity contribution in [1.29, 1.82) is 0 Å². The van der Waals surface area contributed by atoms with Gasteiger partial charge in [-0.3, -0.25) is 14.5 Å². The van der Waals surface area contributed by atoms with Crippen LogP contribution in [0, 0.1) is 5.92 Å². The predicted octanol–water partition coefficient (Wildman–Crippen LogP) is 2.28. The summed E-state index contributed by atoms with van der Waals surface area (Å²) < 4.78 is 16.5. The molecule has 0 N–H and O–H groups in total. The summed E-state index contributed by atoms with van der Waals surface area (Å²) in [5.41, 5.74) is 0.668. The van der Waals surface area contributed by atoms with Crippen LogP contribution in [0.3, 0.4) is 0 Å². The Hall–Kier alpha value is -3.26. The van der Waals surface area contributed by atoms with Gasteiger partial charge in [0, 0.05) is 51.8 Å². The molecule has 2 saturated heterocycles. The fourth-order valence-corrected chi connectivity index (χ4v) is 4.37. The number of rotatable bonds is 8. The summed E-state index contributed by atoms with van der Waals surface area (Å²) >= 11 is 0. The lowest BCUT2D eigenvalue weighted by Gasteiger charge is -2.35. The first-order chi connectivity index (χ1) is 16.1. The van der Waals surface area contributed by atoms with E-state index in [1.165, 1.54) is 0 Å². The van der Waals surface area contributed by atoms with Crippen LogP contribution < -0.4 is 19.1 Å². The van der Waals surface area contributed by atoms with E-state index in [4.69, 9.17) is 14.2 Å². The number of carbonyl (C=O) groups is 2. The Balaban J connectivity index is 1.28. The van der Waals surface area contributed by atoms with Gasteiger partial charge in [-0.25, -0.2) is 0 Å². The van der Waals surface area contributed by atoms with Gasteiger partial charge in [-0.1, -0.05) is 18.2 Å². The lowest BCUT2D eigenvalue weighted by atomic mass is 10.1. The summed E-state index contributed by atoms with van der Waals surface area (Å²) in [6, 6.07) is 15.1. The van der Waals surface area contributed by atoms with Crippen molar-refractivity contribution >= 4 is 17.5 Å².